The van der Waals surface area contributed by atoms with Gasteiger partial charge in [0.05, 0.1) is 0 Å². The average Bonchev–Trinajstić information content (AvgIpc) is 2.14. The van der Waals surface area contributed by atoms with E-state index in [-0.39, 0.29) is 0 Å². The Morgan fingerprint density at radius 3 is 2.47 bits per heavy atom. The zero-order valence-corrected chi connectivity index (χ0v) is 10.4. The van der Waals surface area contributed by atoms with Crippen molar-refractivity contribution in [2.75, 3.05) is 11.5 Å². The van der Waals surface area contributed by atoms with Gasteiger partial charge in [-0.1, -0.05) is 5.92 Å². The Morgan fingerprint density at radius 2 is 1.93 bits per heavy atom. The van der Waals surface area contributed by atoms with E-state index < -0.39 is 11.6 Å². The zero-order chi connectivity index (χ0) is 11.3. The molecule has 3 heteroatoms. The highest BCUT2D eigenvalue weighted by Gasteiger charge is 2.15. The molecule has 0 N–H and O–H groups in total. The van der Waals surface area contributed by atoms with Crippen LogP contribution in [0.5, 0.6) is 0 Å². The summed E-state index contributed by atoms with van der Waals surface area (Å²) in [5.74, 6) is 7.90. The van der Waals surface area contributed by atoms with Crippen molar-refractivity contribution in [3.05, 3.63) is 0 Å². The molecule has 0 bridgehead atoms. The number of hydrogen-bond acceptors (Lipinski definition) is 3. The first-order valence-corrected chi connectivity index (χ1v) is 6.45. The third kappa shape index (κ3) is 5.74. The lowest BCUT2D eigenvalue weighted by atomic mass is 10.0. The third-order valence-electron chi connectivity index (χ3n) is 2.00. The molecule has 1 saturated heterocycles. The molecule has 1 aliphatic heterocycles. The number of rotatable bonds is 0. The molecule has 0 unspecified atom stereocenters. The molecule has 15 heavy (non-hydrogen) atoms. The topological polar surface area (TPSA) is 26.3 Å². The molecule has 0 radical (unpaired) electrons. The largest absolute Gasteiger partial charge is 0.450 e. The molecule has 0 spiro atoms. The Labute approximate surface area is 96.1 Å². The van der Waals surface area contributed by atoms with Gasteiger partial charge in [-0.25, -0.2) is 4.79 Å². The van der Waals surface area contributed by atoms with Crippen LogP contribution in [0, 0.1) is 17.8 Å². The number of carbonyl (C=O) groups is 1. The fourth-order valence-corrected chi connectivity index (χ4v) is 2.41. The highest BCUT2D eigenvalue weighted by atomic mass is 32.2. The summed E-state index contributed by atoms with van der Waals surface area (Å²) in [6, 6.07) is 0. The molecule has 0 saturated carbocycles. The first-order chi connectivity index (χ1) is 6.97. The second-order valence-electron chi connectivity index (χ2n) is 4.66. The van der Waals surface area contributed by atoms with Gasteiger partial charge in [-0.05, 0) is 45.1 Å². The fraction of sp³-hybridized carbons (Fsp3) is 0.750. The van der Waals surface area contributed by atoms with E-state index >= 15 is 0 Å². The van der Waals surface area contributed by atoms with Crippen molar-refractivity contribution in [3.8, 4) is 11.8 Å². The van der Waals surface area contributed by atoms with Gasteiger partial charge in [0.25, 0.3) is 0 Å². The van der Waals surface area contributed by atoms with Gasteiger partial charge in [-0.15, -0.1) is 0 Å². The van der Waals surface area contributed by atoms with Gasteiger partial charge in [-0.2, -0.15) is 11.8 Å². The first-order valence-electron chi connectivity index (χ1n) is 5.29. The number of ether oxygens (including phenoxy) is 1. The predicted molar refractivity (Wildman–Crippen MR) is 63.7 cm³/mol. The van der Waals surface area contributed by atoms with Crippen LogP contribution in [-0.4, -0.2) is 23.1 Å². The molecule has 0 aromatic carbocycles. The van der Waals surface area contributed by atoms with Gasteiger partial charge in [-0.3, -0.25) is 0 Å². The molecule has 0 aromatic rings. The number of esters is 1. The van der Waals surface area contributed by atoms with Crippen molar-refractivity contribution in [2.45, 2.75) is 39.2 Å². The van der Waals surface area contributed by atoms with Crippen molar-refractivity contribution in [3.63, 3.8) is 0 Å². The van der Waals surface area contributed by atoms with Crippen LogP contribution in [0.15, 0.2) is 0 Å². The minimum atomic E-state index is -0.436. The number of thioether (sulfide) groups is 1. The molecular formula is C12H18O2S. The van der Waals surface area contributed by atoms with E-state index in [2.05, 4.69) is 11.8 Å². The van der Waals surface area contributed by atoms with Crippen LogP contribution in [0.2, 0.25) is 0 Å². The first kappa shape index (κ1) is 12.4. The molecule has 0 aliphatic carbocycles. The maximum absolute atomic E-state index is 11.3. The molecule has 2 nitrogen and oxygen atoms in total. The fourth-order valence-electron chi connectivity index (χ4n) is 1.31. The molecule has 84 valence electrons. The molecule has 1 heterocycles. The maximum atomic E-state index is 11.3. The minimum absolute atomic E-state index is 0.388. The summed E-state index contributed by atoms with van der Waals surface area (Å²) in [4.78, 5) is 11.3. The number of hydrogen-bond donors (Lipinski definition) is 0. The predicted octanol–water partition coefficient (Wildman–Crippen LogP) is 2.47. The molecule has 1 rings (SSSR count). The van der Waals surface area contributed by atoms with Crippen molar-refractivity contribution in [1.82, 2.24) is 0 Å². The lowest BCUT2D eigenvalue weighted by Crippen LogP contribution is -2.23. The Morgan fingerprint density at radius 1 is 1.33 bits per heavy atom. The van der Waals surface area contributed by atoms with E-state index in [0.717, 1.165) is 24.3 Å². The molecule has 0 aromatic heterocycles. The van der Waals surface area contributed by atoms with Gasteiger partial charge in [0.1, 0.15) is 5.60 Å². The van der Waals surface area contributed by atoms with Gasteiger partial charge in [0.2, 0.25) is 0 Å². The Kier molecular flexibility index (Phi) is 4.53. The SMILES string of the molecule is CC(C)(C)OC(=O)C#CC1CCSCC1. The van der Waals surface area contributed by atoms with Crippen molar-refractivity contribution in [2.24, 2.45) is 5.92 Å². The van der Waals surface area contributed by atoms with Crippen LogP contribution < -0.4 is 0 Å². The lowest BCUT2D eigenvalue weighted by Gasteiger charge is -2.17. The molecular weight excluding hydrogens is 208 g/mol. The zero-order valence-electron chi connectivity index (χ0n) is 9.63. The highest BCUT2D eigenvalue weighted by molar-refractivity contribution is 7.99. The minimum Gasteiger partial charge on any atom is -0.450 e. The molecule has 1 aliphatic rings. The van der Waals surface area contributed by atoms with Crippen molar-refractivity contribution < 1.29 is 9.53 Å². The smallest absolute Gasteiger partial charge is 0.384 e. The van der Waals surface area contributed by atoms with E-state index in [9.17, 15) is 4.79 Å². The Balaban J connectivity index is 2.39. The average molecular weight is 226 g/mol. The van der Waals surface area contributed by atoms with Crippen LogP contribution in [0.1, 0.15) is 33.6 Å². The van der Waals surface area contributed by atoms with Gasteiger partial charge < -0.3 is 4.74 Å². The maximum Gasteiger partial charge on any atom is 0.384 e. The van der Waals surface area contributed by atoms with Gasteiger partial charge in [0.15, 0.2) is 0 Å². The van der Waals surface area contributed by atoms with E-state index in [1.54, 1.807) is 0 Å². The lowest BCUT2D eigenvalue weighted by molar-refractivity contribution is -0.147. The summed E-state index contributed by atoms with van der Waals surface area (Å²) < 4.78 is 5.11. The quantitative estimate of drug-likeness (QED) is 0.360. The summed E-state index contributed by atoms with van der Waals surface area (Å²) >= 11 is 1.96. The summed E-state index contributed by atoms with van der Waals surface area (Å²) in [6.07, 6.45) is 2.20. The van der Waals surface area contributed by atoms with E-state index in [4.69, 9.17) is 4.74 Å². The van der Waals surface area contributed by atoms with Crippen LogP contribution in [0.25, 0.3) is 0 Å². The summed E-state index contributed by atoms with van der Waals surface area (Å²) in [5, 5.41) is 0. The van der Waals surface area contributed by atoms with Crippen LogP contribution in [0.4, 0.5) is 0 Å². The van der Waals surface area contributed by atoms with E-state index in [1.807, 2.05) is 32.5 Å². The summed E-state index contributed by atoms with van der Waals surface area (Å²) in [5.41, 5.74) is -0.436. The van der Waals surface area contributed by atoms with Gasteiger partial charge >= 0.3 is 5.97 Å². The standard InChI is InChI=1S/C12H18O2S/c1-12(2,3)14-11(13)5-4-10-6-8-15-9-7-10/h10H,6-9H2,1-3H3. The van der Waals surface area contributed by atoms with E-state index in [1.165, 1.54) is 0 Å². The molecule has 1 fully saturated rings. The number of carbonyl (C=O) groups excluding carboxylic acids is 1. The van der Waals surface area contributed by atoms with Crippen molar-refractivity contribution >= 4 is 17.7 Å². The monoisotopic (exact) mass is 226 g/mol. The summed E-state index contributed by atoms with van der Waals surface area (Å²) in [7, 11) is 0. The van der Waals surface area contributed by atoms with Crippen molar-refractivity contribution in [1.29, 1.82) is 0 Å². The Bertz CT molecular complexity index is 274. The third-order valence-corrected chi connectivity index (χ3v) is 3.05. The molecule has 0 atom stereocenters. The Hall–Kier alpha value is -0.620. The summed E-state index contributed by atoms with van der Waals surface area (Å²) in [6.45, 7) is 5.55. The second-order valence-corrected chi connectivity index (χ2v) is 5.88. The van der Waals surface area contributed by atoms with Gasteiger partial charge in [0, 0.05) is 11.8 Å². The molecule has 0 amide bonds. The highest BCUT2D eigenvalue weighted by Crippen LogP contribution is 2.21. The van der Waals surface area contributed by atoms with E-state index in [0.29, 0.717) is 5.92 Å². The normalized spacial score (nSPS) is 17.8. The second kappa shape index (κ2) is 5.46. The van der Waals surface area contributed by atoms with Crippen LogP contribution in [-0.2, 0) is 9.53 Å². The van der Waals surface area contributed by atoms with Crippen LogP contribution >= 0.6 is 11.8 Å². The van der Waals surface area contributed by atoms with Crippen LogP contribution in [0.3, 0.4) is 0 Å².